The van der Waals surface area contributed by atoms with E-state index < -0.39 is 0 Å². The van der Waals surface area contributed by atoms with E-state index in [0.29, 0.717) is 77.8 Å². The van der Waals surface area contributed by atoms with Gasteiger partial charge in [0.05, 0.1) is 38.3 Å². The van der Waals surface area contributed by atoms with E-state index in [1.807, 2.05) is 42.2 Å². The van der Waals surface area contributed by atoms with E-state index in [1.165, 1.54) is 6.92 Å². The lowest BCUT2D eigenvalue weighted by Gasteiger charge is -2.34. The number of fused-ring (bicyclic) bond motifs is 2. The third-order valence-electron chi connectivity index (χ3n) is 9.09. The van der Waals surface area contributed by atoms with Gasteiger partial charge in [0.1, 0.15) is 11.3 Å². The fraction of sp³-hybridized carbons (Fsp3) is 0.450. The second-order valence-electron chi connectivity index (χ2n) is 13.0. The number of piperazine rings is 1. The normalized spacial score (nSPS) is 13.9. The number of nitrogens with one attached hydrogen (secondary N) is 3. The Labute approximate surface area is 305 Å². The summed E-state index contributed by atoms with van der Waals surface area (Å²) in [5.41, 5.74) is 7.27. The fourth-order valence-corrected chi connectivity index (χ4v) is 6.51. The molecule has 5 rings (SSSR count). The fourth-order valence-electron chi connectivity index (χ4n) is 6.51. The molecule has 0 saturated carbocycles. The van der Waals surface area contributed by atoms with Crippen LogP contribution in [0.1, 0.15) is 42.3 Å². The molecule has 3 amide bonds. The molecule has 0 bridgehead atoms. The first-order valence-electron chi connectivity index (χ1n) is 18.2. The van der Waals surface area contributed by atoms with Gasteiger partial charge in [0.2, 0.25) is 11.8 Å². The van der Waals surface area contributed by atoms with Crippen LogP contribution < -0.4 is 21.3 Å². The molecular formula is C40H52N6O6. The van der Waals surface area contributed by atoms with Crippen LogP contribution in [0.5, 0.6) is 0 Å². The number of carbonyl (C=O) groups excluding carboxylic acids is 3. The van der Waals surface area contributed by atoms with Gasteiger partial charge in [-0.3, -0.25) is 24.3 Å². The maximum atomic E-state index is 14.3. The van der Waals surface area contributed by atoms with Gasteiger partial charge in [-0.1, -0.05) is 18.2 Å². The molecule has 1 saturated heterocycles. The monoisotopic (exact) mass is 712 g/mol. The molecule has 2 heterocycles. The molecule has 278 valence electrons. The first-order chi connectivity index (χ1) is 25.2. The number of anilines is 1. The predicted molar refractivity (Wildman–Crippen MR) is 204 cm³/mol. The van der Waals surface area contributed by atoms with Crippen molar-refractivity contribution in [3.8, 4) is 22.5 Å². The smallest absolute Gasteiger partial charge is 0.254 e. The molecule has 2 aliphatic heterocycles. The van der Waals surface area contributed by atoms with Gasteiger partial charge in [0.15, 0.2) is 0 Å². The van der Waals surface area contributed by atoms with E-state index in [1.54, 1.807) is 0 Å². The maximum absolute atomic E-state index is 14.3. The van der Waals surface area contributed by atoms with Gasteiger partial charge < -0.3 is 34.7 Å². The van der Waals surface area contributed by atoms with Gasteiger partial charge in [0.25, 0.3) is 5.91 Å². The molecule has 2 aromatic rings. The van der Waals surface area contributed by atoms with Crippen LogP contribution in [0.15, 0.2) is 57.9 Å². The number of ether oxygens (including phenoxy) is 2. The lowest BCUT2D eigenvalue weighted by Crippen LogP contribution is -2.51. The Balaban J connectivity index is 1.26. The van der Waals surface area contributed by atoms with Crippen LogP contribution in [0.3, 0.4) is 0 Å². The van der Waals surface area contributed by atoms with Crippen molar-refractivity contribution >= 4 is 34.4 Å². The molecule has 1 fully saturated rings. The van der Waals surface area contributed by atoms with Crippen LogP contribution in [0.25, 0.3) is 33.4 Å². The van der Waals surface area contributed by atoms with E-state index in [0.717, 1.165) is 62.1 Å². The van der Waals surface area contributed by atoms with Crippen molar-refractivity contribution in [2.24, 2.45) is 4.99 Å². The summed E-state index contributed by atoms with van der Waals surface area (Å²) in [6, 6.07) is 16.2. The molecule has 2 aromatic carbocycles. The van der Waals surface area contributed by atoms with Crippen LogP contribution in [-0.4, -0.2) is 113 Å². The zero-order valence-corrected chi connectivity index (χ0v) is 31.1. The van der Waals surface area contributed by atoms with Gasteiger partial charge in [-0.15, -0.1) is 0 Å². The largest absolute Gasteiger partial charge is 0.456 e. The highest BCUT2D eigenvalue weighted by Crippen LogP contribution is 2.43. The Morgan fingerprint density at radius 2 is 1.56 bits per heavy atom. The van der Waals surface area contributed by atoms with Crippen LogP contribution >= 0.6 is 0 Å². The average molecular weight is 713 g/mol. The van der Waals surface area contributed by atoms with Crippen molar-refractivity contribution in [2.75, 3.05) is 90.6 Å². The van der Waals surface area contributed by atoms with E-state index in [9.17, 15) is 14.4 Å². The summed E-state index contributed by atoms with van der Waals surface area (Å²) < 4.78 is 17.5. The summed E-state index contributed by atoms with van der Waals surface area (Å²) in [7, 11) is 0. The summed E-state index contributed by atoms with van der Waals surface area (Å²) in [4.78, 5) is 46.4. The van der Waals surface area contributed by atoms with E-state index in [-0.39, 0.29) is 24.3 Å². The van der Waals surface area contributed by atoms with Crippen molar-refractivity contribution < 1.29 is 28.3 Å². The number of hydrogen-bond donors (Lipinski definition) is 3. The summed E-state index contributed by atoms with van der Waals surface area (Å²) in [5.74, 6) is 0.522. The van der Waals surface area contributed by atoms with E-state index in [4.69, 9.17) is 13.9 Å². The number of benzene rings is 3. The Hall–Kier alpha value is -4.78. The Morgan fingerprint density at radius 1 is 0.846 bits per heavy atom. The number of nitrogens with zero attached hydrogens (tertiary/aromatic N) is 3. The van der Waals surface area contributed by atoms with Gasteiger partial charge in [0, 0.05) is 99.2 Å². The van der Waals surface area contributed by atoms with Crippen LogP contribution in [-0.2, 0) is 19.1 Å². The molecule has 0 atom stereocenters. The molecule has 0 radical (unpaired) electrons. The van der Waals surface area contributed by atoms with Gasteiger partial charge in [-0.2, -0.15) is 0 Å². The minimum Gasteiger partial charge on any atom is -0.456 e. The van der Waals surface area contributed by atoms with Crippen LogP contribution in [0, 0.1) is 13.8 Å². The minimum atomic E-state index is -0.0852. The van der Waals surface area contributed by atoms with E-state index in [2.05, 4.69) is 64.8 Å². The van der Waals surface area contributed by atoms with Crippen molar-refractivity contribution in [2.45, 2.75) is 34.6 Å². The lowest BCUT2D eigenvalue weighted by atomic mass is 9.89. The van der Waals surface area contributed by atoms with Crippen LogP contribution in [0.4, 0.5) is 5.69 Å². The van der Waals surface area contributed by atoms with Crippen molar-refractivity contribution in [1.82, 2.24) is 20.4 Å². The third kappa shape index (κ3) is 9.75. The third-order valence-corrected chi connectivity index (χ3v) is 9.09. The molecule has 12 nitrogen and oxygen atoms in total. The number of aryl methyl sites for hydroxylation is 2. The molecule has 0 spiro atoms. The highest BCUT2D eigenvalue weighted by atomic mass is 16.5. The summed E-state index contributed by atoms with van der Waals surface area (Å²) >= 11 is 0. The van der Waals surface area contributed by atoms with Crippen LogP contribution in [0.2, 0.25) is 0 Å². The molecule has 1 aliphatic carbocycles. The highest BCUT2D eigenvalue weighted by Gasteiger charge is 2.27. The Bertz CT molecular complexity index is 1900. The van der Waals surface area contributed by atoms with Crippen molar-refractivity contribution in [1.29, 1.82) is 0 Å². The zero-order chi connectivity index (χ0) is 37.0. The molecule has 3 aliphatic rings. The highest BCUT2D eigenvalue weighted by molar-refractivity contribution is 6.09. The van der Waals surface area contributed by atoms with Crippen molar-refractivity contribution in [3.63, 3.8) is 0 Å². The van der Waals surface area contributed by atoms with Gasteiger partial charge in [-0.25, -0.2) is 0 Å². The average Bonchev–Trinajstić information content (AvgIpc) is 3.12. The van der Waals surface area contributed by atoms with Gasteiger partial charge >= 0.3 is 0 Å². The maximum Gasteiger partial charge on any atom is 0.254 e. The summed E-state index contributed by atoms with van der Waals surface area (Å²) in [6.45, 7) is 16.2. The number of rotatable bonds is 16. The Kier molecular flexibility index (Phi) is 13.8. The van der Waals surface area contributed by atoms with Crippen molar-refractivity contribution in [3.05, 3.63) is 70.6 Å². The summed E-state index contributed by atoms with van der Waals surface area (Å²) in [6.07, 6.45) is 0. The molecule has 3 N–H and O–H groups in total. The first-order valence-corrected chi connectivity index (χ1v) is 18.2. The number of carbonyl (C=O) groups is 3. The number of hydrogen-bond acceptors (Lipinski definition) is 9. The Morgan fingerprint density at radius 3 is 2.25 bits per heavy atom. The molecule has 0 unspecified atom stereocenters. The molecular weight excluding hydrogens is 660 g/mol. The second kappa shape index (κ2) is 18.6. The molecule has 52 heavy (non-hydrogen) atoms. The van der Waals surface area contributed by atoms with Gasteiger partial charge in [-0.05, 0) is 62.6 Å². The topological polar surface area (TPSA) is 138 Å². The predicted octanol–water partition coefficient (Wildman–Crippen LogP) is 4.22. The zero-order valence-electron chi connectivity index (χ0n) is 31.1. The first kappa shape index (κ1) is 38.5. The molecule has 0 aromatic heterocycles. The summed E-state index contributed by atoms with van der Waals surface area (Å²) in [5, 5.41) is 10.9. The van der Waals surface area contributed by atoms with E-state index >= 15 is 0 Å². The lowest BCUT2D eigenvalue weighted by molar-refractivity contribution is -0.123. The minimum absolute atomic E-state index is 0.0339. The standard InChI is InChI=1S/C40H52N6O6/c1-6-41-34-24-36-32(22-27(34)3)39(33-23-28(4)35(42-7-2)25-37(33)52-36)30-10-8-9-11-31(30)40(49)46-16-14-45(15-17-46)26-38(48)44-13-19-51-21-20-50-18-12-43-29(5)47/h8-11,22-25,41H,6-7,12-21,26H2,1-5H3,(H,43,47)(H,44,48). The number of amides is 3. The quantitative estimate of drug-likeness (QED) is 0.116. The SMILES string of the molecule is CCN=c1cc2oc3cc(NCC)c(C)cc3c(-c3ccccc3C(=O)N3CCN(CC(=O)NCCOCCOCCNC(C)=O)CC3)c-2cc1C. The second-order valence-corrected chi connectivity index (χ2v) is 13.0. The molecule has 12 heteroatoms.